The highest BCUT2D eigenvalue weighted by Gasteiger charge is 2.19. The minimum atomic E-state index is -0.0320. The molecule has 1 aromatic rings. The van der Waals surface area contributed by atoms with Crippen LogP contribution in [0.3, 0.4) is 0 Å². The van der Waals surface area contributed by atoms with Gasteiger partial charge in [-0.3, -0.25) is 9.67 Å². The van der Waals surface area contributed by atoms with Crippen molar-refractivity contribution in [1.29, 1.82) is 0 Å². The zero-order valence-electron chi connectivity index (χ0n) is 10.7. The molecule has 1 unspecified atom stereocenters. The van der Waals surface area contributed by atoms with Crippen LogP contribution in [0.4, 0.5) is 0 Å². The summed E-state index contributed by atoms with van der Waals surface area (Å²) < 4.78 is 7.99. The lowest BCUT2D eigenvalue weighted by Crippen LogP contribution is -2.25. The van der Waals surface area contributed by atoms with Gasteiger partial charge in [-0.1, -0.05) is 0 Å². The van der Waals surface area contributed by atoms with Crippen LogP contribution in [-0.4, -0.2) is 28.0 Å². The fraction of sp³-hybridized carbons (Fsp3) is 0.818. The second kappa shape index (κ2) is 5.10. The zero-order valence-corrected chi connectivity index (χ0v) is 11.5. The summed E-state index contributed by atoms with van der Waals surface area (Å²) in [6, 6.07) is 0. The molecule has 4 nitrogen and oxygen atoms in total. The minimum absolute atomic E-state index is 0.0320. The van der Waals surface area contributed by atoms with Crippen molar-refractivity contribution in [3.05, 3.63) is 10.6 Å². The van der Waals surface area contributed by atoms with Crippen LogP contribution in [0.5, 0.6) is 0 Å². The third-order valence-electron chi connectivity index (χ3n) is 2.59. The van der Waals surface area contributed by atoms with Gasteiger partial charge in [0, 0.05) is 19.1 Å². The summed E-state index contributed by atoms with van der Waals surface area (Å²) >= 11 is 5.24. The molecule has 1 atom stereocenters. The van der Waals surface area contributed by atoms with Crippen molar-refractivity contribution in [1.82, 2.24) is 14.8 Å². The average Bonchev–Trinajstić information content (AvgIpc) is 2.55. The van der Waals surface area contributed by atoms with E-state index in [0.717, 1.165) is 18.7 Å². The largest absolute Gasteiger partial charge is 0.382 e. The smallest absolute Gasteiger partial charge is 0.195 e. The van der Waals surface area contributed by atoms with Gasteiger partial charge in [-0.15, -0.1) is 0 Å². The number of aromatic amines is 1. The van der Waals surface area contributed by atoms with Crippen LogP contribution in [0.2, 0.25) is 0 Å². The molecule has 1 aromatic heterocycles. The third-order valence-corrected chi connectivity index (χ3v) is 2.86. The standard InChI is InChI=1S/C11H21N3OS/c1-8(15-5)6-7-9-12-13-10(16)14(9)11(2,3)4/h8H,6-7H2,1-5H3,(H,13,16). The molecule has 1 heterocycles. The highest BCUT2D eigenvalue weighted by Crippen LogP contribution is 2.17. The number of nitrogens with zero attached hydrogens (tertiary/aromatic N) is 2. The highest BCUT2D eigenvalue weighted by atomic mass is 32.1. The first-order valence-electron chi connectivity index (χ1n) is 5.56. The number of aryl methyl sites for hydroxylation is 1. The van der Waals surface area contributed by atoms with Gasteiger partial charge in [0.15, 0.2) is 4.77 Å². The van der Waals surface area contributed by atoms with Crippen LogP contribution < -0.4 is 0 Å². The lowest BCUT2D eigenvalue weighted by atomic mass is 10.1. The first kappa shape index (κ1) is 13.4. The second-order valence-corrected chi connectivity index (χ2v) is 5.42. The van der Waals surface area contributed by atoms with E-state index in [9.17, 15) is 0 Å². The molecule has 0 spiro atoms. The quantitative estimate of drug-likeness (QED) is 0.827. The summed E-state index contributed by atoms with van der Waals surface area (Å²) in [5.41, 5.74) is -0.0320. The van der Waals surface area contributed by atoms with Gasteiger partial charge in [-0.2, -0.15) is 5.10 Å². The van der Waals surface area contributed by atoms with Crippen molar-refractivity contribution in [2.45, 2.75) is 52.2 Å². The Morgan fingerprint density at radius 2 is 2.12 bits per heavy atom. The Kier molecular flexibility index (Phi) is 4.27. The predicted molar refractivity (Wildman–Crippen MR) is 67.2 cm³/mol. The first-order valence-corrected chi connectivity index (χ1v) is 5.96. The van der Waals surface area contributed by atoms with Gasteiger partial charge in [0.25, 0.3) is 0 Å². The van der Waals surface area contributed by atoms with Crippen LogP contribution in [-0.2, 0) is 16.7 Å². The van der Waals surface area contributed by atoms with E-state index in [2.05, 4.69) is 42.5 Å². The van der Waals surface area contributed by atoms with Crippen LogP contribution in [0, 0.1) is 4.77 Å². The SMILES string of the molecule is COC(C)CCc1n[nH]c(=S)n1C(C)(C)C. The minimum Gasteiger partial charge on any atom is -0.382 e. The number of hydrogen-bond acceptors (Lipinski definition) is 3. The number of hydrogen-bond donors (Lipinski definition) is 1. The van der Waals surface area contributed by atoms with Gasteiger partial charge in [0.2, 0.25) is 0 Å². The average molecular weight is 243 g/mol. The Bertz CT molecular complexity index is 389. The molecule has 0 amide bonds. The molecule has 92 valence electrons. The maximum absolute atomic E-state index is 5.24. The van der Waals surface area contributed by atoms with Crippen molar-refractivity contribution in [2.24, 2.45) is 0 Å². The van der Waals surface area contributed by atoms with E-state index in [1.54, 1.807) is 7.11 Å². The highest BCUT2D eigenvalue weighted by molar-refractivity contribution is 7.71. The lowest BCUT2D eigenvalue weighted by molar-refractivity contribution is 0.110. The number of H-pyrrole nitrogens is 1. The molecule has 0 bridgehead atoms. The molecular weight excluding hydrogens is 222 g/mol. The zero-order chi connectivity index (χ0) is 12.3. The normalized spacial score (nSPS) is 14.1. The van der Waals surface area contributed by atoms with Gasteiger partial charge >= 0.3 is 0 Å². The topological polar surface area (TPSA) is 42.8 Å². The molecular formula is C11H21N3OS. The molecule has 1 N–H and O–H groups in total. The predicted octanol–water partition coefficient (Wildman–Crippen LogP) is 2.66. The summed E-state index contributed by atoms with van der Waals surface area (Å²) in [5.74, 6) is 1.00. The summed E-state index contributed by atoms with van der Waals surface area (Å²) in [7, 11) is 1.73. The summed E-state index contributed by atoms with van der Waals surface area (Å²) in [6.45, 7) is 8.44. The molecule has 0 saturated heterocycles. The third kappa shape index (κ3) is 3.15. The van der Waals surface area contributed by atoms with Crippen molar-refractivity contribution >= 4 is 12.2 Å². The molecule has 0 aliphatic rings. The van der Waals surface area contributed by atoms with Crippen molar-refractivity contribution < 1.29 is 4.74 Å². The van der Waals surface area contributed by atoms with E-state index < -0.39 is 0 Å². The Morgan fingerprint density at radius 3 is 2.62 bits per heavy atom. The van der Waals surface area contributed by atoms with Gasteiger partial charge in [-0.05, 0) is 46.3 Å². The maximum Gasteiger partial charge on any atom is 0.195 e. The van der Waals surface area contributed by atoms with Gasteiger partial charge in [0.1, 0.15) is 5.82 Å². The van der Waals surface area contributed by atoms with Crippen LogP contribution in [0.15, 0.2) is 0 Å². The summed E-state index contributed by atoms with van der Waals surface area (Å²) in [4.78, 5) is 0. The van der Waals surface area contributed by atoms with Gasteiger partial charge < -0.3 is 4.74 Å². The molecule has 0 fully saturated rings. The van der Waals surface area contributed by atoms with Crippen LogP contribution in [0.1, 0.15) is 39.9 Å². The summed E-state index contributed by atoms with van der Waals surface area (Å²) in [6.07, 6.45) is 2.07. The maximum atomic E-state index is 5.24. The Morgan fingerprint density at radius 1 is 1.50 bits per heavy atom. The Labute approximate surface area is 102 Å². The molecule has 0 radical (unpaired) electrons. The molecule has 0 saturated carbocycles. The van der Waals surface area contributed by atoms with E-state index in [4.69, 9.17) is 17.0 Å². The number of rotatable bonds is 4. The van der Waals surface area contributed by atoms with E-state index in [1.807, 2.05) is 0 Å². The second-order valence-electron chi connectivity index (χ2n) is 5.04. The molecule has 0 aliphatic carbocycles. The van der Waals surface area contributed by atoms with Crippen LogP contribution >= 0.6 is 12.2 Å². The van der Waals surface area contributed by atoms with Gasteiger partial charge in [-0.25, -0.2) is 0 Å². The van der Waals surface area contributed by atoms with E-state index in [-0.39, 0.29) is 11.6 Å². The lowest BCUT2D eigenvalue weighted by Gasteiger charge is -2.22. The van der Waals surface area contributed by atoms with E-state index in [0.29, 0.717) is 4.77 Å². The molecule has 0 aromatic carbocycles. The number of nitrogens with one attached hydrogen (secondary N) is 1. The Balaban J connectivity index is 2.86. The Hall–Kier alpha value is -0.680. The first-order chi connectivity index (χ1) is 7.36. The van der Waals surface area contributed by atoms with E-state index in [1.165, 1.54) is 0 Å². The van der Waals surface area contributed by atoms with Crippen molar-refractivity contribution in [3.63, 3.8) is 0 Å². The molecule has 16 heavy (non-hydrogen) atoms. The number of ether oxygens (including phenoxy) is 1. The van der Waals surface area contributed by atoms with Crippen LogP contribution in [0.25, 0.3) is 0 Å². The fourth-order valence-corrected chi connectivity index (χ4v) is 2.06. The van der Waals surface area contributed by atoms with Crippen molar-refractivity contribution in [2.75, 3.05) is 7.11 Å². The number of aromatic nitrogens is 3. The molecule has 0 aliphatic heterocycles. The van der Waals surface area contributed by atoms with Crippen molar-refractivity contribution in [3.8, 4) is 0 Å². The number of methoxy groups -OCH3 is 1. The summed E-state index contributed by atoms with van der Waals surface area (Å²) in [5, 5.41) is 7.14. The van der Waals surface area contributed by atoms with Gasteiger partial charge in [0.05, 0.1) is 6.10 Å². The fourth-order valence-electron chi connectivity index (χ4n) is 1.64. The monoisotopic (exact) mass is 243 g/mol. The molecule has 5 heteroatoms. The van der Waals surface area contributed by atoms with E-state index >= 15 is 0 Å². The molecule has 1 rings (SSSR count).